The molecular weight excluding hydrogens is 410 g/mol. The molecule has 1 heterocycles. The highest BCUT2D eigenvalue weighted by atomic mass is 16.5. The highest BCUT2D eigenvalue weighted by Crippen LogP contribution is 2.39. The highest BCUT2D eigenvalue weighted by molar-refractivity contribution is 6.16. The van der Waals surface area contributed by atoms with Crippen LogP contribution in [0.15, 0.2) is 78.4 Å². The van der Waals surface area contributed by atoms with Gasteiger partial charge in [0.1, 0.15) is 18.1 Å². The zero-order chi connectivity index (χ0) is 22.6. The molecule has 1 saturated heterocycles. The lowest BCUT2D eigenvalue weighted by atomic mass is 9.94. The van der Waals surface area contributed by atoms with E-state index in [1.54, 1.807) is 7.11 Å². The van der Waals surface area contributed by atoms with Crippen LogP contribution in [0.2, 0.25) is 0 Å². The van der Waals surface area contributed by atoms with Crippen LogP contribution >= 0.6 is 0 Å². The van der Waals surface area contributed by atoms with Gasteiger partial charge in [-0.15, -0.1) is 0 Å². The standard InChI is InChI=1S/C29H29NO3/c1-32-24-12-10-22(11-13-24)29(31)27-20-23-6-2-3-7-26(23)28(27)21-8-14-25(15-9-21)33-19-18-30-16-4-5-17-30/h2-3,6-15H,4-5,16-20H2,1H3. The predicted molar refractivity (Wildman–Crippen MR) is 131 cm³/mol. The molecule has 0 spiro atoms. The third-order valence-corrected chi connectivity index (χ3v) is 6.60. The van der Waals surface area contributed by atoms with Crippen molar-refractivity contribution < 1.29 is 14.3 Å². The molecule has 0 amide bonds. The Morgan fingerprint density at radius 3 is 2.30 bits per heavy atom. The Kier molecular flexibility index (Phi) is 6.27. The molecule has 0 unspecified atom stereocenters. The van der Waals surface area contributed by atoms with Gasteiger partial charge in [0.15, 0.2) is 5.78 Å². The molecule has 0 radical (unpaired) electrons. The fourth-order valence-corrected chi connectivity index (χ4v) is 4.82. The predicted octanol–water partition coefficient (Wildman–Crippen LogP) is 5.41. The van der Waals surface area contributed by atoms with Gasteiger partial charge in [0, 0.05) is 24.1 Å². The van der Waals surface area contributed by atoms with E-state index >= 15 is 0 Å². The van der Waals surface area contributed by atoms with Crippen molar-refractivity contribution in [1.82, 2.24) is 4.90 Å². The Bertz CT molecular complexity index is 1160. The maximum Gasteiger partial charge on any atom is 0.189 e. The van der Waals surface area contributed by atoms with Crippen LogP contribution in [0.5, 0.6) is 11.5 Å². The number of benzene rings is 3. The molecule has 0 atom stereocenters. The number of Topliss-reactive ketones (excluding diaryl/α,β-unsaturated/α-hetero) is 1. The maximum absolute atomic E-state index is 13.5. The topological polar surface area (TPSA) is 38.8 Å². The number of methoxy groups -OCH3 is 1. The largest absolute Gasteiger partial charge is 0.497 e. The Morgan fingerprint density at radius 1 is 0.879 bits per heavy atom. The van der Waals surface area contributed by atoms with Crippen LogP contribution in [0.4, 0.5) is 0 Å². The second-order valence-electron chi connectivity index (χ2n) is 8.67. The second kappa shape index (κ2) is 9.63. The highest BCUT2D eigenvalue weighted by Gasteiger charge is 2.27. The molecule has 0 bridgehead atoms. The second-order valence-corrected chi connectivity index (χ2v) is 8.67. The molecular formula is C29H29NO3. The van der Waals surface area contributed by atoms with Gasteiger partial charge in [0.25, 0.3) is 0 Å². The van der Waals surface area contributed by atoms with Gasteiger partial charge in [-0.05, 0) is 84.6 Å². The Balaban J connectivity index is 1.40. The number of carbonyl (C=O) groups excluding carboxylic acids is 1. The molecule has 0 N–H and O–H groups in total. The molecule has 0 saturated carbocycles. The summed E-state index contributed by atoms with van der Waals surface area (Å²) in [6, 6.07) is 23.8. The number of hydrogen-bond donors (Lipinski definition) is 0. The number of ether oxygens (including phenoxy) is 2. The van der Waals surface area contributed by atoms with Gasteiger partial charge in [-0.25, -0.2) is 0 Å². The summed E-state index contributed by atoms with van der Waals surface area (Å²) in [7, 11) is 1.63. The van der Waals surface area contributed by atoms with Gasteiger partial charge in [0.2, 0.25) is 0 Å². The molecule has 2 aliphatic rings. The third kappa shape index (κ3) is 4.57. The van der Waals surface area contributed by atoms with E-state index in [2.05, 4.69) is 29.2 Å². The average Bonchev–Trinajstić information content (AvgIpc) is 3.52. The molecule has 4 heteroatoms. The summed E-state index contributed by atoms with van der Waals surface area (Å²) in [5.74, 6) is 1.68. The number of likely N-dealkylation sites (tertiary alicyclic amines) is 1. The number of allylic oxidation sites excluding steroid dienone is 1. The summed E-state index contributed by atoms with van der Waals surface area (Å²) in [5.41, 5.74) is 5.91. The van der Waals surface area contributed by atoms with Crippen molar-refractivity contribution in [3.05, 3.63) is 101 Å². The number of carbonyl (C=O) groups is 1. The van der Waals surface area contributed by atoms with Crippen LogP contribution < -0.4 is 9.47 Å². The summed E-state index contributed by atoms with van der Waals surface area (Å²) in [6.45, 7) is 4.04. The summed E-state index contributed by atoms with van der Waals surface area (Å²) in [4.78, 5) is 16.0. The van der Waals surface area contributed by atoms with Crippen LogP contribution in [-0.4, -0.2) is 44.0 Å². The summed E-state index contributed by atoms with van der Waals surface area (Å²) in [5, 5.41) is 0. The smallest absolute Gasteiger partial charge is 0.189 e. The lowest BCUT2D eigenvalue weighted by Crippen LogP contribution is -2.25. The van der Waals surface area contributed by atoms with E-state index in [0.717, 1.165) is 40.3 Å². The number of hydrogen-bond acceptors (Lipinski definition) is 4. The molecule has 5 rings (SSSR count). The van der Waals surface area contributed by atoms with Crippen molar-refractivity contribution in [2.24, 2.45) is 0 Å². The molecule has 168 valence electrons. The number of ketones is 1. The molecule has 1 aliphatic carbocycles. The van der Waals surface area contributed by atoms with Gasteiger partial charge in [-0.1, -0.05) is 36.4 Å². The minimum atomic E-state index is 0.0646. The quantitative estimate of drug-likeness (QED) is 0.440. The minimum absolute atomic E-state index is 0.0646. The average molecular weight is 440 g/mol. The molecule has 3 aromatic rings. The first-order valence-electron chi connectivity index (χ1n) is 11.7. The van der Waals surface area contributed by atoms with Crippen molar-refractivity contribution >= 4 is 11.4 Å². The summed E-state index contributed by atoms with van der Waals surface area (Å²) in [6.07, 6.45) is 3.23. The van der Waals surface area contributed by atoms with Crippen LogP contribution in [0, 0.1) is 0 Å². The molecule has 33 heavy (non-hydrogen) atoms. The van der Waals surface area contributed by atoms with Gasteiger partial charge >= 0.3 is 0 Å². The van der Waals surface area contributed by atoms with Crippen molar-refractivity contribution in [1.29, 1.82) is 0 Å². The van der Waals surface area contributed by atoms with Crippen molar-refractivity contribution in [2.45, 2.75) is 19.3 Å². The fraction of sp³-hybridized carbons (Fsp3) is 0.276. The van der Waals surface area contributed by atoms with Gasteiger partial charge in [-0.2, -0.15) is 0 Å². The Morgan fingerprint density at radius 2 is 1.58 bits per heavy atom. The third-order valence-electron chi connectivity index (χ3n) is 6.60. The first-order valence-corrected chi connectivity index (χ1v) is 11.7. The maximum atomic E-state index is 13.5. The van der Waals surface area contributed by atoms with E-state index in [0.29, 0.717) is 18.6 Å². The van der Waals surface area contributed by atoms with Crippen molar-refractivity contribution in [2.75, 3.05) is 33.4 Å². The zero-order valence-electron chi connectivity index (χ0n) is 19.0. The van der Waals surface area contributed by atoms with Crippen molar-refractivity contribution in [3.63, 3.8) is 0 Å². The normalized spacial score (nSPS) is 15.5. The Hall–Kier alpha value is -3.37. The van der Waals surface area contributed by atoms with E-state index in [-0.39, 0.29) is 5.78 Å². The monoisotopic (exact) mass is 439 g/mol. The van der Waals surface area contributed by atoms with Gasteiger partial charge in [-0.3, -0.25) is 9.69 Å². The van der Waals surface area contributed by atoms with Gasteiger partial charge < -0.3 is 9.47 Å². The number of fused-ring (bicyclic) bond motifs is 1. The van der Waals surface area contributed by atoms with E-state index in [1.807, 2.05) is 48.5 Å². The first-order chi connectivity index (χ1) is 16.2. The first kappa shape index (κ1) is 21.5. The van der Waals surface area contributed by atoms with E-state index in [4.69, 9.17) is 9.47 Å². The number of rotatable bonds is 8. The molecule has 1 fully saturated rings. The van der Waals surface area contributed by atoms with E-state index in [1.165, 1.54) is 31.5 Å². The summed E-state index contributed by atoms with van der Waals surface area (Å²) >= 11 is 0. The molecule has 3 aromatic carbocycles. The fourth-order valence-electron chi connectivity index (χ4n) is 4.82. The SMILES string of the molecule is COc1ccc(C(=O)C2=C(c3ccc(OCCN4CCCC4)cc3)c3ccccc3C2)cc1. The minimum Gasteiger partial charge on any atom is -0.497 e. The lowest BCUT2D eigenvalue weighted by molar-refractivity contribution is 0.103. The molecule has 4 nitrogen and oxygen atoms in total. The van der Waals surface area contributed by atoms with Crippen LogP contribution in [0.1, 0.15) is 39.9 Å². The van der Waals surface area contributed by atoms with Gasteiger partial charge in [0.05, 0.1) is 7.11 Å². The number of nitrogens with zero attached hydrogens (tertiary/aromatic N) is 1. The molecule has 0 aromatic heterocycles. The molecule has 1 aliphatic heterocycles. The summed E-state index contributed by atoms with van der Waals surface area (Å²) < 4.78 is 11.2. The lowest BCUT2D eigenvalue weighted by Gasteiger charge is -2.15. The van der Waals surface area contributed by atoms with Crippen LogP contribution in [0.25, 0.3) is 5.57 Å². The zero-order valence-corrected chi connectivity index (χ0v) is 19.0. The van der Waals surface area contributed by atoms with Crippen LogP contribution in [-0.2, 0) is 6.42 Å². The van der Waals surface area contributed by atoms with Crippen molar-refractivity contribution in [3.8, 4) is 11.5 Å². The van der Waals surface area contributed by atoms with E-state index < -0.39 is 0 Å². The van der Waals surface area contributed by atoms with E-state index in [9.17, 15) is 4.79 Å². The van der Waals surface area contributed by atoms with Crippen LogP contribution in [0.3, 0.4) is 0 Å². The Labute approximate surface area is 195 Å².